The van der Waals surface area contributed by atoms with Gasteiger partial charge in [-0.15, -0.1) is 0 Å². The zero-order valence-corrected chi connectivity index (χ0v) is 14.8. The summed E-state index contributed by atoms with van der Waals surface area (Å²) in [6.07, 6.45) is 0. The maximum Gasteiger partial charge on any atom is 0.258 e. The fourth-order valence-electron chi connectivity index (χ4n) is 2.69. The Morgan fingerprint density at radius 1 is 0.852 bits per heavy atom. The van der Waals surface area contributed by atoms with Crippen LogP contribution in [0.25, 0.3) is 34.1 Å². The number of nitrogens with zero attached hydrogens (tertiary/aromatic N) is 3. The number of benzene rings is 2. The van der Waals surface area contributed by atoms with Crippen LogP contribution in [-0.4, -0.2) is 22.2 Å². The highest BCUT2D eigenvalue weighted by Gasteiger charge is 2.16. The SMILES string of the molecule is COc1nc(-c2ccc(C)cc2)ccc1-c1noc(-c2ccc(F)cc2)n1. The normalized spacial score (nSPS) is 10.8. The maximum atomic E-state index is 13.1. The summed E-state index contributed by atoms with van der Waals surface area (Å²) in [4.78, 5) is 8.95. The number of methoxy groups -OCH3 is 1. The number of rotatable bonds is 4. The molecule has 0 aliphatic rings. The van der Waals surface area contributed by atoms with E-state index in [9.17, 15) is 4.39 Å². The van der Waals surface area contributed by atoms with Crippen molar-refractivity contribution in [2.24, 2.45) is 0 Å². The van der Waals surface area contributed by atoms with E-state index in [-0.39, 0.29) is 5.82 Å². The van der Waals surface area contributed by atoms with Crippen molar-refractivity contribution >= 4 is 0 Å². The predicted octanol–water partition coefficient (Wildman–Crippen LogP) is 4.92. The second-order valence-electron chi connectivity index (χ2n) is 6.05. The maximum absolute atomic E-state index is 13.1. The van der Waals surface area contributed by atoms with Crippen LogP contribution in [0.15, 0.2) is 65.2 Å². The molecule has 0 saturated carbocycles. The first-order chi connectivity index (χ1) is 13.1. The molecule has 2 aromatic carbocycles. The van der Waals surface area contributed by atoms with Crippen LogP contribution in [0, 0.1) is 12.7 Å². The van der Waals surface area contributed by atoms with Gasteiger partial charge in [-0.2, -0.15) is 4.98 Å². The van der Waals surface area contributed by atoms with Crippen LogP contribution in [0.5, 0.6) is 5.88 Å². The van der Waals surface area contributed by atoms with E-state index in [0.29, 0.717) is 28.7 Å². The molecule has 2 aromatic heterocycles. The Kier molecular flexibility index (Phi) is 4.38. The lowest BCUT2D eigenvalue weighted by Gasteiger charge is -2.07. The van der Waals surface area contributed by atoms with Crippen molar-refractivity contribution in [1.29, 1.82) is 0 Å². The summed E-state index contributed by atoms with van der Waals surface area (Å²) in [7, 11) is 1.55. The molecule has 5 nitrogen and oxygen atoms in total. The van der Waals surface area contributed by atoms with E-state index in [0.717, 1.165) is 11.3 Å². The third-order valence-corrected chi connectivity index (χ3v) is 4.16. The fourth-order valence-corrected chi connectivity index (χ4v) is 2.69. The highest BCUT2D eigenvalue weighted by atomic mass is 19.1. The van der Waals surface area contributed by atoms with Crippen LogP contribution in [0.3, 0.4) is 0 Å². The average Bonchev–Trinajstić information content (AvgIpc) is 3.18. The Morgan fingerprint density at radius 2 is 1.56 bits per heavy atom. The summed E-state index contributed by atoms with van der Waals surface area (Å²) in [6.45, 7) is 2.04. The topological polar surface area (TPSA) is 61.0 Å². The lowest BCUT2D eigenvalue weighted by Crippen LogP contribution is -1.95. The summed E-state index contributed by atoms with van der Waals surface area (Å²) < 4.78 is 23.8. The molecule has 0 radical (unpaired) electrons. The van der Waals surface area contributed by atoms with Gasteiger partial charge in [0.05, 0.1) is 18.4 Å². The first-order valence-corrected chi connectivity index (χ1v) is 8.36. The van der Waals surface area contributed by atoms with Gasteiger partial charge in [0, 0.05) is 11.1 Å². The van der Waals surface area contributed by atoms with Crippen molar-refractivity contribution in [3.8, 4) is 40.0 Å². The molecule has 4 rings (SSSR count). The number of pyridine rings is 1. The van der Waals surface area contributed by atoms with Crippen molar-refractivity contribution in [2.45, 2.75) is 6.92 Å². The van der Waals surface area contributed by atoms with E-state index in [1.807, 2.05) is 43.3 Å². The molecule has 2 heterocycles. The van der Waals surface area contributed by atoms with Crippen molar-refractivity contribution in [1.82, 2.24) is 15.1 Å². The van der Waals surface area contributed by atoms with Gasteiger partial charge in [0.1, 0.15) is 5.82 Å². The second kappa shape index (κ2) is 6.99. The fraction of sp³-hybridized carbons (Fsp3) is 0.0952. The third kappa shape index (κ3) is 3.42. The minimum absolute atomic E-state index is 0.301. The molecule has 0 saturated heterocycles. The average molecular weight is 361 g/mol. The highest BCUT2D eigenvalue weighted by molar-refractivity contribution is 5.69. The van der Waals surface area contributed by atoms with Crippen LogP contribution in [0.2, 0.25) is 0 Å². The van der Waals surface area contributed by atoms with Gasteiger partial charge in [0.25, 0.3) is 5.89 Å². The number of halogens is 1. The van der Waals surface area contributed by atoms with Crippen LogP contribution < -0.4 is 4.74 Å². The molecular formula is C21H16FN3O2. The monoisotopic (exact) mass is 361 g/mol. The van der Waals surface area contributed by atoms with E-state index in [1.54, 1.807) is 19.2 Å². The highest BCUT2D eigenvalue weighted by Crippen LogP contribution is 2.31. The van der Waals surface area contributed by atoms with Gasteiger partial charge < -0.3 is 9.26 Å². The third-order valence-electron chi connectivity index (χ3n) is 4.16. The van der Waals surface area contributed by atoms with Gasteiger partial charge in [-0.25, -0.2) is 9.37 Å². The molecule has 0 spiro atoms. The van der Waals surface area contributed by atoms with Crippen LogP contribution >= 0.6 is 0 Å². The first kappa shape index (κ1) is 16.9. The molecule has 0 bridgehead atoms. The molecule has 0 aliphatic carbocycles. The largest absolute Gasteiger partial charge is 0.480 e. The zero-order chi connectivity index (χ0) is 18.8. The van der Waals surface area contributed by atoms with Gasteiger partial charge in [-0.05, 0) is 43.3 Å². The van der Waals surface area contributed by atoms with Crippen molar-refractivity contribution in [3.05, 3.63) is 72.0 Å². The van der Waals surface area contributed by atoms with Crippen molar-refractivity contribution < 1.29 is 13.7 Å². The van der Waals surface area contributed by atoms with Crippen LogP contribution in [-0.2, 0) is 0 Å². The summed E-state index contributed by atoms with van der Waals surface area (Å²) in [5, 5.41) is 4.01. The van der Waals surface area contributed by atoms with E-state index < -0.39 is 0 Å². The van der Waals surface area contributed by atoms with Crippen LogP contribution in [0.1, 0.15) is 5.56 Å². The van der Waals surface area contributed by atoms with Gasteiger partial charge in [-0.1, -0.05) is 35.0 Å². The first-order valence-electron chi connectivity index (χ1n) is 8.36. The lowest BCUT2D eigenvalue weighted by atomic mass is 10.1. The molecule has 0 atom stereocenters. The van der Waals surface area contributed by atoms with E-state index in [4.69, 9.17) is 9.26 Å². The molecule has 0 unspecified atom stereocenters. The van der Waals surface area contributed by atoms with Gasteiger partial charge >= 0.3 is 0 Å². The Hall–Kier alpha value is -3.54. The number of hydrogen-bond acceptors (Lipinski definition) is 5. The molecule has 134 valence electrons. The van der Waals surface area contributed by atoms with E-state index in [2.05, 4.69) is 15.1 Å². The number of ether oxygens (including phenoxy) is 1. The van der Waals surface area contributed by atoms with E-state index >= 15 is 0 Å². The van der Waals surface area contributed by atoms with E-state index in [1.165, 1.54) is 17.7 Å². The zero-order valence-electron chi connectivity index (χ0n) is 14.8. The minimum Gasteiger partial charge on any atom is -0.480 e. The lowest BCUT2D eigenvalue weighted by molar-refractivity contribution is 0.398. The Balaban J connectivity index is 1.69. The molecule has 0 fully saturated rings. The summed E-state index contributed by atoms with van der Waals surface area (Å²) in [5.74, 6) is 0.736. The standard InChI is InChI=1S/C21H16FN3O2/c1-13-3-5-14(6-4-13)18-12-11-17(21(23-18)26-2)19-24-20(27-25-19)15-7-9-16(22)10-8-15/h3-12H,1-2H3. The Bertz CT molecular complexity index is 1070. The van der Waals surface area contributed by atoms with Crippen molar-refractivity contribution in [3.63, 3.8) is 0 Å². The predicted molar refractivity (Wildman–Crippen MR) is 99.6 cm³/mol. The number of aryl methyl sites for hydroxylation is 1. The summed E-state index contributed by atoms with van der Waals surface area (Å²) in [5.41, 5.74) is 4.22. The van der Waals surface area contributed by atoms with Crippen molar-refractivity contribution in [2.75, 3.05) is 7.11 Å². The molecule has 4 aromatic rings. The van der Waals surface area contributed by atoms with Gasteiger partial charge in [0.15, 0.2) is 0 Å². The smallest absolute Gasteiger partial charge is 0.258 e. The molecule has 0 amide bonds. The second-order valence-corrected chi connectivity index (χ2v) is 6.05. The molecule has 0 aliphatic heterocycles. The van der Waals surface area contributed by atoms with Gasteiger partial charge in [-0.3, -0.25) is 0 Å². The molecular weight excluding hydrogens is 345 g/mol. The Morgan fingerprint density at radius 3 is 2.26 bits per heavy atom. The Labute approximate surface area is 155 Å². The molecule has 6 heteroatoms. The minimum atomic E-state index is -0.323. The summed E-state index contributed by atoms with van der Waals surface area (Å²) >= 11 is 0. The number of aromatic nitrogens is 3. The van der Waals surface area contributed by atoms with Crippen LogP contribution in [0.4, 0.5) is 4.39 Å². The quantitative estimate of drug-likeness (QED) is 0.516. The molecule has 27 heavy (non-hydrogen) atoms. The molecule has 0 N–H and O–H groups in total. The van der Waals surface area contributed by atoms with Gasteiger partial charge in [0.2, 0.25) is 11.7 Å². The number of hydrogen-bond donors (Lipinski definition) is 0. The summed E-state index contributed by atoms with van der Waals surface area (Å²) in [6, 6.07) is 17.7.